The van der Waals surface area contributed by atoms with Gasteiger partial charge in [0.05, 0.1) is 8.60 Å². The van der Waals surface area contributed by atoms with Crippen LogP contribution in [0, 0.1) is 9.81 Å². The Hall–Kier alpha value is -1.29. The molecule has 2 aromatic heterocycles. The molecule has 3 aromatic rings. The molecule has 0 saturated carbocycles. The molecule has 4 rings (SSSR count). The van der Waals surface area contributed by atoms with Crippen LogP contribution in [0.3, 0.4) is 0 Å². The van der Waals surface area contributed by atoms with E-state index in [-0.39, 0.29) is 0 Å². The Bertz CT molecular complexity index is 949. The molecule has 1 atom stereocenters. The molecule has 1 aliphatic rings. The average molecular weight is 457 g/mol. The Morgan fingerprint density at radius 1 is 1.26 bits per heavy atom. The Labute approximate surface area is 154 Å². The highest BCUT2D eigenvalue weighted by atomic mass is 127. The number of hydrogen-bond acceptors (Lipinski definition) is 5. The quantitative estimate of drug-likeness (QED) is 0.568. The first-order valence-corrected chi connectivity index (χ1v) is 9.06. The van der Waals surface area contributed by atoms with Crippen molar-refractivity contribution in [2.45, 2.75) is 13.2 Å². The van der Waals surface area contributed by atoms with Crippen LogP contribution in [-0.2, 0) is 0 Å². The standard InChI is InChI=1S/C15H10ClIN4OS/c1-7-19-20-13-14(22)18-12(8-4-2-3-5-10(8)16)9-6-11(17)23-15(9)21(7)13/h2-6,14,22H,1H3. The minimum absolute atomic E-state index is 0.420. The third kappa shape index (κ3) is 2.42. The first-order chi connectivity index (χ1) is 11.1. The molecule has 0 aliphatic carbocycles. The summed E-state index contributed by atoms with van der Waals surface area (Å²) in [6.45, 7) is 1.86. The predicted octanol–water partition coefficient (Wildman–Crippen LogP) is 3.74. The van der Waals surface area contributed by atoms with Crippen LogP contribution in [0.5, 0.6) is 0 Å². The lowest BCUT2D eigenvalue weighted by molar-refractivity contribution is 0.177. The minimum atomic E-state index is -1.08. The fraction of sp³-hybridized carbons (Fsp3) is 0.133. The smallest absolute Gasteiger partial charge is 0.207 e. The van der Waals surface area contributed by atoms with Crippen LogP contribution < -0.4 is 0 Å². The van der Waals surface area contributed by atoms with Gasteiger partial charge in [-0.05, 0) is 41.6 Å². The SMILES string of the molecule is Cc1nnc2n1-c1sc(I)cc1C(c1ccccc1Cl)=NC2O. The summed E-state index contributed by atoms with van der Waals surface area (Å²) in [6.07, 6.45) is -1.08. The molecule has 0 spiro atoms. The van der Waals surface area contributed by atoms with Gasteiger partial charge in [0.1, 0.15) is 10.8 Å². The van der Waals surface area contributed by atoms with Gasteiger partial charge in [-0.25, -0.2) is 4.99 Å². The second-order valence-corrected chi connectivity index (χ2v) is 8.37. The lowest BCUT2D eigenvalue weighted by atomic mass is 10.0. The highest BCUT2D eigenvalue weighted by Crippen LogP contribution is 2.36. The van der Waals surface area contributed by atoms with Crippen molar-refractivity contribution in [2.24, 2.45) is 4.99 Å². The van der Waals surface area contributed by atoms with Crippen LogP contribution in [0.2, 0.25) is 5.02 Å². The molecule has 1 unspecified atom stereocenters. The number of aliphatic hydroxyl groups is 1. The number of fused-ring (bicyclic) bond motifs is 3. The van der Waals surface area contributed by atoms with Crippen molar-refractivity contribution in [1.29, 1.82) is 0 Å². The van der Waals surface area contributed by atoms with E-state index in [1.165, 1.54) is 0 Å². The number of hydrogen-bond donors (Lipinski definition) is 1. The molecule has 8 heteroatoms. The van der Waals surface area contributed by atoms with Crippen molar-refractivity contribution in [1.82, 2.24) is 14.8 Å². The summed E-state index contributed by atoms with van der Waals surface area (Å²) in [5, 5.41) is 20.2. The van der Waals surface area contributed by atoms with Gasteiger partial charge in [0.25, 0.3) is 0 Å². The molecule has 0 saturated heterocycles. The molecular weight excluding hydrogens is 447 g/mol. The highest BCUT2D eigenvalue weighted by molar-refractivity contribution is 14.1. The number of aliphatic hydroxyl groups excluding tert-OH is 1. The zero-order chi connectivity index (χ0) is 16.1. The monoisotopic (exact) mass is 456 g/mol. The van der Waals surface area contributed by atoms with E-state index in [4.69, 9.17) is 11.6 Å². The topological polar surface area (TPSA) is 63.3 Å². The van der Waals surface area contributed by atoms with Gasteiger partial charge in [0, 0.05) is 16.1 Å². The fourth-order valence-electron chi connectivity index (χ4n) is 2.60. The van der Waals surface area contributed by atoms with Crippen LogP contribution in [0.25, 0.3) is 5.00 Å². The second-order valence-electron chi connectivity index (χ2n) is 5.04. The van der Waals surface area contributed by atoms with E-state index in [1.54, 1.807) is 11.3 Å². The summed E-state index contributed by atoms with van der Waals surface area (Å²) >= 11 is 10.2. The Morgan fingerprint density at radius 2 is 2.04 bits per heavy atom. The van der Waals surface area contributed by atoms with Gasteiger partial charge >= 0.3 is 0 Å². The van der Waals surface area contributed by atoms with Crippen LogP contribution in [0.15, 0.2) is 35.3 Å². The van der Waals surface area contributed by atoms with Crippen molar-refractivity contribution in [2.75, 3.05) is 0 Å². The maximum Gasteiger partial charge on any atom is 0.207 e. The van der Waals surface area contributed by atoms with E-state index < -0.39 is 6.23 Å². The van der Waals surface area contributed by atoms with Gasteiger partial charge < -0.3 is 5.11 Å². The Morgan fingerprint density at radius 3 is 2.83 bits per heavy atom. The molecule has 0 amide bonds. The number of nitrogens with zero attached hydrogens (tertiary/aromatic N) is 4. The van der Waals surface area contributed by atoms with Crippen LogP contribution in [-0.4, -0.2) is 25.6 Å². The average Bonchev–Trinajstić information content (AvgIpc) is 3.05. The molecule has 1 aliphatic heterocycles. The van der Waals surface area contributed by atoms with Crippen LogP contribution in [0.1, 0.15) is 29.0 Å². The highest BCUT2D eigenvalue weighted by Gasteiger charge is 2.29. The number of rotatable bonds is 1. The number of thiophene rings is 1. The van der Waals surface area contributed by atoms with Crippen LogP contribution >= 0.6 is 45.5 Å². The van der Waals surface area contributed by atoms with Crippen molar-refractivity contribution >= 4 is 51.2 Å². The summed E-state index contributed by atoms with van der Waals surface area (Å²) in [6, 6.07) is 9.55. The summed E-state index contributed by atoms with van der Waals surface area (Å²) in [5.41, 5.74) is 2.38. The fourth-order valence-corrected chi connectivity index (χ4v) is 4.71. The molecule has 3 heterocycles. The molecular formula is C15H10ClIN4OS. The first-order valence-electron chi connectivity index (χ1n) is 6.79. The number of aryl methyl sites for hydroxylation is 1. The van der Waals surface area contributed by atoms with Gasteiger partial charge in [-0.1, -0.05) is 29.8 Å². The van der Waals surface area contributed by atoms with E-state index >= 15 is 0 Å². The van der Waals surface area contributed by atoms with E-state index in [1.807, 2.05) is 41.8 Å². The maximum atomic E-state index is 10.5. The zero-order valence-electron chi connectivity index (χ0n) is 11.9. The lowest BCUT2D eigenvalue weighted by Gasteiger charge is -2.08. The molecule has 1 N–H and O–H groups in total. The Kier molecular flexibility index (Phi) is 3.75. The second kappa shape index (κ2) is 5.66. The van der Waals surface area contributed by atoms with Gasteiger partial charge in [0.2, 0.25) is 6.23 Å². The predicted molar refractivity (Wildman–Crippen MR) is 98.7 cm³/mol. The third-order valence-corrected chi connectivity index (χ3v) is 5.81. The molecule has 5 nitrogen and oxygen atoms in total. The van der Waals surface area contributed by atoms with E-state index in [0.717, 1.165) is 19.0 Å². The zero-order valence-corrected chi connectivity index (χ0v) is 15.6. The summed E-state index contributed by atoms with van der Waals surface area (Å²) < 4.78 is 2.97. The van der Waals surface area contributed by atoms with Crippen LogP contribution in [0.4, 0.5) is 0 Å². The molecule has 1 aromatic carbocycles. The lowest BCUT2D eigenvalue weighted by Crippen LogP contribution is -2.06. The van der Waals surface area contributed by atoms with Gasteiger partial charge in [-0.3, -0.25) is 4.57 Å². The molecule has 23 heavy (non-hydrogen) atoms. The van der Waals surface area contributed by atoms with E-state index in [2.05, 4.69) is 37.8 Å². The number of benzene rings is 1. The molecule has 116 valence electrons. The first kappa shape index (κ1) is 15.3. The number of aromatic nitrogens is 3. The van der Waals surface area contributed by atoms with E-state index in [9.17, 15) is 5.11 Å². The largest absolute Gasteiger partial charge is 0.365 e. The van der Waals surface area contributed by atoms with Gasteiger partial charge in [-0.15, -0.1) is 21.5 Å². The van der Waals surface area contributed by atoms with Crippen molar-refractivity contribution in [3.05, 3.63) is 61.0 Å². The molecule has 0 radical (unpaired) electrons. The third-order valence-electron chi connectivity index (χ3n) is 3.60. The molecule has 0 bridgehead atoms. The summed E-state index contributed by atoms with van der Waals surface area (Å²) in [5.74, 6) is 1.14. The summed E-state index contributed by atoms with van der Waals surface area (Å²) in [7, 11) is 0. The molecule has 0 fully saturated rings. The van der Waals surface area contributed by atoms with Crippen molar-refractivity contribution in [3.8, 4) is 5.00 Å². The number of aliphatic imine (C=N–C) groups is 1. The maximum absolute atomic E-state index is 10.5. The van der Waals surface area contributed by atoms with Gasteiger partial charge in [-0.2, -0.15) is 0 Å². The minimum Gasteiger partial charge on any atom is -0.365 e. The number of halogens is 2. The van der Waals surface area contributed by atoms with E-state index in [0.29, 0.717) is 22.4 Å². The van der Waals surface area contributed by atoms with Crippen molar-refractivity contribution < 1.29 is 5.11 Å². The Balaban J connectivity index is 2.04. The summed E-state index contributed by atoms with van der Waals surface area (Å²) in [4.78, 5) is 4.48. The van der Waals surface area contributed by atoms with Gasteiger partial charge in [0.15, 0.2) is 5.82 Å². The van der Waals surface area contributed by atoms with Crippen molar-refractivity contribution in [3.63, 3.8) is 0 Å². The normalized spacial score (nSPS) is 16.5.